The average Bonchev–Trinajstić information content (AvgIpc) is 3.27. The van der Waals surface area contributed by atoms with Crippen LogP contribution in [0.15, 0.2) is 29.1 Å². The molecule has 4 rings (SSSR count). The molecule has 3 amide bonds. The van der Waals surface area contributed by atoms with Gasteiger partial charge in [-0.1, -0.05) is 12.1 Å². The molecule has 2 aliphatic rings. The van der Waals surface area contributed by atoms with E-state index in [9.17, 15) is 14.4 Å². The fraction of sp³-hybridized carbons (Fsp3) is 0.550. The summed E-state index contributed by atoms with van der Waals surface area (Å²) in [6, 6.07) is 7.76. The number of carbonyl (C=O) groups is 2. The zero-order valence-corrected chi connectivity index (χ0v) is 16.0. The Hall–Kier alpha value is -2.77. The number of benzene rings is 1. The Morgan fingerprint density at radius 2 is 1.93 bits per heavy atom. The first kappa shape index (κ1) is 18.6. The van der Waals surface area contributed by atoms with Gasteiger partial charge in [-0.25, -0.2) is 9.59 Å². The maximum absolute atomic E-state index is 12.4. The molecule has 0 aliphatic carbocycles. The number of amides is 3. The van der Waals surface area contributed by atoms with Gasteiger partial charge < -0.3 is 20.1 Å². The quantitative estimate of drug-likeness (QED) is 0.768. The molecule has 2 aromatic rings. The summed E-state index contributed by atoms with van der Waals surface area (Å²) in [5, 5.41) is 2.96. The Balaban J connectivity index is 1.25. The predicted octanol–water partition coefficient (Wildman–Crippen LogP) is 1.69. The van der Waals surface area contributed by atoms with Gasteiger partial charge in [-0.15, -0.1) is 0 Å². The topological polar surface area (TPSA) is 90.4 Å². The van der Waals surface area contributed by atoms with E-state index in [1.807, 2.05) is 38.6 Å². The zero-order chi connectivity index (χ0) is 19.5. The van der Waals surface area contributed by atoms with Crippen molar-refractivity contribution < 1.29 is 9.59 Å². The fourth-order valence-electron chi connectivity index (χ4n) is 4.28. The summed E-state index contributed by atoms with van der Waals surface area (Å²) in [5.74, 6) is 0.223. The van der Waals surface area contributed by atoms with Gasteiger partial charge in [0, 0.05) is 45.2 Å². The number of nitrogens with one attached hydrogen (secondary N) is 2. The number of rotatable bonds is 5. The number of piperidine rings is 1. The number of para-hydroxylation sites is 2. The van der Waals surface area contributed by atoms with Crippen LogP contribution < -0.4 is 11.0 Å². The summed E-state index contributed by atoms with van der Waals surface area (Å²) < 4.78 is 1.83. The highest BCUT2D eigenvalue weighted by Gasteiger charge is 2.26. The van der Waals surface area contributed by atoms with Crippen LogP contribution in [-0.4, -0.2) is 64.0 Å². The van der Waals surface area contributed by atoms with Crippen LogP contribution >= 0.6 is 0 Å². The number of aromatic nitrogens is 2. The summed E-state index contributed by atoms with van der Waals surface area (Å²) in [5.41, 5.74) is 1.69. The highest BCUT2D eigenvalue weighted by Crippen LogP contribution is 2.24. The molecule has 0 radical (unpaired) electrons. The van der Waals surface area contributed by atoms with Crippen LogP contribution in [0.1, 0.15) is 38.1 Å². The molecule has 2 fully saturated rings. The van der Waals surface area contributed by atoms with Crippen LogP contribution in [0.3, 0.4) is 0 Å². The molecule has 3 heterocycles. The number of carbonyl (C=O) groups excluding carboxylic acids is 2. The van der Waals surface area contributed by atoms with E-state index in [0.29, 0.717) is 32.6 Å². The molecule has 0 spiro atoms. The van der Waals surface area contributed by atoms with Crippen LogP contribution in [0, 0.1) is 0 Å². The molecule has 0 bridgehead atoms. The van der Waals surface area contributed by atoms with Crippen molar-refractivity contribution in [3.8, 4) is 0 Å². The lowest BCUT2D eigenvalue weighted by Gasteiger charge is -2.32. The molecular weight excluding hydrogens is 358 g/mol. The molecule has 0 saturated carbocycles. The van der Waals surface area contributed by atoms with Crippen molar-refractivity contribution in [2.24, 2.45) is 0 Å². The fourth-order valence-corrected chi connectivity index (χ4v) is 4.28. The van der Waals surface area contributed by atoms with E-state index in [0.717, 1.165) is 43.3 Å². The molecule has 28 heavy (non-hydrogen) atoms. The second-order valence-corrected chi connectivity index (χ2v) is 7.61. The van der Waals surface area contributed by atoms with Gasteiger partial charge >= 0.3 is 11.7 Å². The molecule has 0 atom stereocenters. The van der Waals surface area contributed by atoms with Crippen LogP contribution in [-0.2, 0) is 4.79 Å². The van der Waals surface area contributed by atoms with E-state index in [1.54, 1.807) is 0 Å². The van der Waals surface area contributed by atoms with E-state index < -0.39 is 0 Å². The van der Waals surface area contributed by atoms with Crippen LogP contribution in [0.2, 0.25) is 0 Å². The minimum atomic E-state index is -0.0828. The third-order valence-corrected chi connectivity index (χ3v) is 5.79. The molecule has 2 N–H and O–H groups in total. The van der Waals surface area contributed by atoms with Crippen molar-refractivity contribution in [1.29, 1.82) is 0 Å². The van der Waals surface area contributed by atoms with Crippen LogP contribution in [0.5, 0.6) is 0 Å². The first-order valence-electron chi connectivity index (χ1n) is 10.1. The molecule has 8 heteroatoms. The first-order chi connectivity index (χ1) is 13.6. The third-order valence-electron chi connectivity index (χ3n) is 5.79. The molecule has 1 aromatic heterocycles. The lowest BCUT2D eigenvalue weighted by Crippen LogP contribution is -2.46. The lowest BCUT2D eigenvalue weighted by atomic mass is 10.0. The second-order valence-electron chi connectivity index (χ2n) is 7.61. The van der Waals surface area contributed by atoms with Gasteiger partial charge in [0.05, 0.1) is 11.0 Å². The SMILES string of the molecule is O=C1CCCN1CCCNC(=O)N1CCC(n2c(=O)[nH]c3ccccc32)CC1. The van der Waals surface area contributed by atoms with Gasteiger partial charge in [0.25, 0.3) is 0 Å². The van der Waals surface area contributed by atoms with E-state index in [4.69, 9.17) is 0 Å². The van der Waals surface area contributed by atoms with E-state index in [-0.39, 0.29) is 23.7 Å². The van der Waals surface area contributed by atoms with Crippen molar-refractivity contribution in [3.05, 3.63) is 34.7 Å². The Kier molecular flexibility index (Phi) is 5.36. The average molecular weight is 385 g/mol. The number of H-pyrrole nitrogens is 1. The molecule has 1 aromatic carbocycles. The summed E-state index contributed by atoms with van der Waals surface area (Å²) in [7, 11) is 0. The number of aromatic amines is 1. The van der Waals surface area contributed by atoms with Gasteiger partial charge in [0.15, 0.2) is 0 Å². The van der Waals surface area contributed by atoms with Crippen molar-refractivity contribution in [3.63, 3.8) is 0 Å². The minimum Gasteiger partial charge on any atom is -0.343 e. The number of fused-ring (bicyclic) bond motifs is 1. The largest absolute Gasteiger partial charge is 0.343 e. The second kappa shape index (κ2) is 8.08. The lowest BCUT2D eigenvalue weighted by molar-refractivity contribution is -0.127. The molecule has 150 valence electrons. The maximum atomic E-state index is 12.4. The monoisotopic (exact) mass is 385 g/mol. The smallest absolute Gasteiger partial charge is 0.326 e. The summed E-state index contributed by atoms with van der Waals surface area (Å²) >= 11 is 0. The Labute approximate surface area is 163 Å². The first-order valence-corrected chi connectivity index (χ1v) is 10.1. The molecule has 0 unspecified atom stereocenters. The number of urea groups is 1. The standard InChI is InChI=1S/C20H27N5O3/c26-18-7-3-11-23(18)12-4-10-21-19(27)24-13-8-15(9-14-24)25-17-6-2-1-5-16(17)22-20(25)28/h1-2,5-6,15H,3-4,7-14H2,(H,21,27)(H,22,28). The number of imidazole rings is 1. The zero-order valence-electron chi connectivity index (χ0n) is 16.0. The molecule has 2 saturated heterocycles. The normalized spacial score (nSPS) is 18.2. The van der Waals surface area contributed by atoms with Gasteiger partial charge in [-0.05, 0) is 37.8 Å². The number of likely N-dealkylation sites (tertiary alicyclic amines) is 2. The Morgan fingerprint density at radius 3 is 2.68 bits per heavy atom. The number of nitrogens with zero attached hydrogens (tertiary/aromatic N) is 3. The highest BCUT2D eigenvalue weighted by atomic mass is 16.2. The van der Waals surface area contributed by atoms with E-state index in [2.05, 4.69) is 10.3 Å². The molecule has 8 nitrogen and oxygen atoms in total. The van der Waals surface area contributed by atoms with Gasteiger partial charge in [0.2, 0.25) is 5.91 Å². The van der Waals surface area contributed by atoms with Gasteiger partial charge in [0.1, 0.15) is 0 Å². The van der Waals surface area contributed by atoms with Gasteiger partial charge in [-0.3, -0.25) is 9.36 Å². The maximum Gasteiger partial charge on any atom is 0.326 e. The molecule has 2 aliphatic heterocycles. The Morgan fingerprint density at radius 1 is 1.14 bits per heavy atom. The summed E-state index contributed by atoms with van der Waals surface area (Å²) in [6.45, 7) is 3.39. The van der Waals surface area contributed by atoms with Crippen LogP contribution in [0.4, 0.5) is 4.79 Å². The summed E-state index contributed by atoms with van der Waals surface area (Å²) in [6.07, 6.45) is 3.90. The minimum absolute atomic E-state index is 0.0579. The van der Waals surface area contributed by atoms with Crippen LogP contribution in [0.25, 0.3) is 11.0 Å². The van der Waals surface area contributed by atoms with E-state index >= 15 is 0 Å². The summed E-state index contributed by atoms with van der Waals surface area (Å²) in [4.78, 5) is 42.9. The highest BCUT2D eigenvalue weighted by molar-refractivity contribution is 5.78. The predicted molar refractivity (Wildman–Crippen MR) is 106 cm³/mol. The van der Waals surface area contributed by atoms with Crippen molar-refractivity contribution >= 4 is 23.0 Å². The number of hydrogen-bond donors (Lipinski definition) is 2. The van der Waals surface area contributed by atoms with Crippen molar-refractivity contribution in [1.82, 2.24) is 24.7 Å². The molecular formula is C20H27N5O3. The van der Waals surface area contributed by atoms with Gasteiger partial charge in [-0.2, -0.15) is 0 Å². The Bertz CT molecular complexity index is 910. The van der Waals surface area contributed by atoms with Crippen molar-refractivity contribution in [2.45, 2.75) is 38.1 Å². The van der Waals surface area contributed by atoms with E-state index in [1.165, 1.54) is 0 Å². The van der Waals surface area contributed by atoms with Crippen molar-refractivity contribution in [2.75, 3.05) is 32.7 Å². The third kappa shape index (κ3) is 3.76. The number of hydrogen-bond acceptors (Lipinski definition) is 3.